The van der Waals surface area contributed by atoms with Gasteiger partial charge in [-0.25, -0.2) is 0 Å². The Morgan fingerprint density at radius 1 is 0.545 bits per heavy atom. The summed E-state index contributed by atoms with van der Waals surface area (Å²) in [6, 6.07) is 36.9. The fourth-order valence-corrected chi connectivity index (χ4v) is 54.3. The standard InChI is InChI=1S/2C16H13.2C4H9.C2H7Si.Nb/c2*1-12-10-14-8-5-9-15(16(14)11-12)13-6-3-2-4-7-13;2*1-3-4-2;1-3-2;/h2*2-11H,1H3;2*1,3-4H2,2H3;3H,1-2H3;. The quantitative estimate of drug-likeness (QED) is 0.139. The molecule has 228 valence electrons. The predicted octanol–water partition coefficient (Wildman–Crippen LogP) is 12.7. The zero-order valence-electron chi connectivity index (χ0n) is 27.8. The van der Waals surface area contributed by atoms with Gasteiger partial charge in [0.1, 0.15) is 0 Å². The van der Waals surface area contributed by atoms with Crippen molar-refractivity contribution < 1.29 is 15.1 Å². The molecule has 6 rings (SSSR count). The molecular weight excluding hydrogens is 625 g/mol. The van der Waals surface area contributed by atoms with Gasteiger partial charge >= 0.3 is 270 Å². The molecule has 4 aromatic carbocycles. The van der Waals surface area contributed by atoms with Crippen molar-refractivity contribution in [2.45, 2.75) is 84.0 Å². The third-order valence-electron chi connectivity index (χ3n) is 11.4. The Kier molecular flexibility index (Phi) is 8.97. The molecule has 2 heteroatoms. The molecule has 0 heterocycles. The molecule has 2 atom stereocenters. The predicted molar refractivity (Wildman–Crippen MR) is 195 cm³/mol. The molecule has 0 fully saturated rings. The van der Waals surface area contributed by atoms with Crippen LogP contribution in [-0.2, 0) is 15.1 Å². The van der Waals surface area contributed by atoms with Gasteiger partial charge in [0.2, 0.25) is 0 Å². The van der Waals surface area contributed by atoms with Crippen LogP contribution in [0, 0.1) is 0 Å². The number of benzene rings is 4. The van der Waals surface area contributed by atoms with E-state index in [9.17, 15) is 0 Å². The van der Waals surface area contributed by atoms with Crippen molar-refractivity contribution in [3.63, 3.8) is 0 Å². The van der Waals surface area contributed by atoms with Gasteiger partial charge in [-0.3, -0.25) is 0 Å². The van der Waals surface area contributed by atoms with Crippen LogP contribution in [-0.4, -0.2) is 6.56 Å². The van der Waals surface area contributed by atoms with Crippen LogP contribution >= 0.6 is 0 Å². The monoisotopic (exact) mass is 676 g/mol. The molecule has 0 aromatic heterocycles. The second-order valence-electron chi connectivity index (χ2n) is 13.9. The molecule has 0 saturated heterocycles. The summed E-state index contributed by atoms with van der Waals surface area (Å²) in [7, 11) is 0. The second-order valence-corrected chi connectivity index (χ2v) is 45.0. The normalized spacial score (nSPS) is 18.4. The summed E-state index contributed by atoms with van der Waals surface area (Å²) < 4.78 is 4.21. The fraction of sp³-hybridized carbons (Fsp3) is 0.333. The molecule has 0 nitrogen and oxygen atoms in total. The molecule has 2 aliphatic rings. The van der Waals surface area contributed by atoms with Gasteiger partial charge in [-0.05, 0) is 0 Å². The van der Waals surface area contributed by atoms with E-state index in [-0.39, 0.29) is 0 Å². The maximum absolute atomic E-state index is 3.73. The van der Waals surface area contributed by atoms with Crippen molar-refractivity contribution in [3.8, 4) is 22.3 Å². The van der Waals surface area contributed by atoms with Gasteiger partial charge in [0.15, 0.2) is 0 Å². The molecule has 0 amide bonds. The fourth-order valence-electron chi connectivity index (χ4n) is 9.55. The third kappa shape index (κ3) is 4.83. The van der Waals surface area contributed by atoms with Crippen LogP contribution in [0.3, 0.4) is 0 Å². The molecule has 0 N–H and O–H groups in total. The van der Waals surface area contributed by atoms with Crippen molar-refractivity contribution in [1.29, 1.82) is 0 Å². The maximum atomic E-state index is 2.80. The number of fused-ring (bicyclic) bond motifs is 2. The molecular formula is C42H51NbSi. The zero-order valence-corrected chi connectivity index (χ0v) is 31.2. The van der Waals surface area contributed by atoms with Crippen molar-refractivity contribution in [3.05, 3.63) is 130 Å². The Morgan fingerprint density at radius 2 is 0.955 bits per heavy atom. The van der Waals surface area contributed by atoms with Crippen LogP contribution in [0.1, 0.15) is 83.9 Å². The van der Waals surface area contributed by atoms with E-state index in [0.717, 1.165) is 0 Å². The van der Waals surface area contributed by atoms with Crippen LogP contribution in [0.4, 0.5) is 0 Å². The van der Waals surface area contributed by atoms with E-state index in [2.05, 4.69) is 150 Å². The number of hydrogen-bond donors (Lipinski definition) is 0. The second kappa shape index (κ2) is 12.6. The molecule has 2 unspecified atom stereocenters. The molecule has 4 aromatic rings. The van der Waals surface area contributed by atoms with Gasteiger partial charge in [0.05, 0.1) is 0 Å². The van der Waals surface area contributed by atoms with Gasteiger partial charge in [-0.15, -0.1) is 0 Å². The van der Waals surface area contributed by atoms with Gasteiger partial charge < -0.3 is 0 Å². The van der Waals surface area contributed by atoms with Crippen LogP contribution in [0.2, 0.25) is 22.4 Å². The van der Waals surface area contributed by atoms with E-state index in [4.69, 9.17) is 0 Å². The first-order valence-corrected chi connectivity index (χ1v) is 29.4. The molecule has 2 aliphatic carbocycles. The molecule has 0 aliphatic heterocycles. The summed E-state index contributed by atoms with van der Waals surface area (Å²) in [6.07, 6.45) is 10.6. The minimum absolute atomic E-state index is 0.617. The molecule has 0 spiro atoms. The average molecular weight is 677 g/mol. The summed E-state index contributed by atoms with van der Waals surface area (Å²) in [5.74, 6) is 0. The summed E-state index contributed by atoms with van der Waals surface area (Å²) in [6.45, 7) is 14.3. The summed E-state index contributed by atoms with van der Waals surface area (Å²) >= 11 is -3.73. The summed E-state index contributed by atoms with van der Waals surface area (Å²) in [5.41, 5.74) is 15.2. The SMILES string of the molecule is CCC[CH2][Nb]([CH2]CCC)([CH]1C(C)=Cc2c(-c3ccccc3)cccc21)([CH]1C(C)=Cc2c(-c3ccccc3)cccc21)[SiH](C)C. The van der Waals surface area contributed by atoms with Crippen LogP contribution in [0.15, 0.2) is 108 Å². The minimum atomic E-state index is -3.73. The van der Waals surface area contributed by atoms with Gasteiger partial charge in [0.25, 0.3) is 0 Å². The van der Waals surface area contributed by atoms with Crippen molar-refractivity contribution in [1.82, 2.24) is 0 Å². The van der Waals surface area contributed by atoms with Crippen LogP contribution < -0.4 is 0 Å². The molecule has 0 bridgehead atoms. The van der Waals surface area contributed by atoms with E-state index < -0.39 is 21.6 Å². The van der Waals surface area contributed by atoms with E-state index in [1.807, 2.05) is 0 Å². The van der Waals surface area contributed by atoms with E-state index in [0.29, 0.717) is 8.27 Å². The average Bonchev–Trinajstić information content (AvgIpc) is 3.59. The molecule has 44 heavy (non-hydrogen) atoms. The zero-order chi connectivity index (χ0) is 30.9. The van der Waals surface area contributed by atoms with Gasteiger partial charge in [-0.2, -0.15) is 0 Å². The van der Waals surface area contributed by atoms with Gasteiger partial charge in [-0.1, -0.05) is 0 Å². The van der Waals surface area contributed by atoms with E-state index in [1.165, 1.54) is 68.3 Å². The topological polar surface area (TPSA) is 0 Å². The first kappa shape index (κ1) is 31.3. The van der Waals surface area contributed by atoms with Crippen molar-refractivity contribution in [2.75, 3.05) is 0 Å². The number of unbranched alkanes of at least 4 members (excludes halogenated alkanes) is 2. The first-order chi connectivity index (χ1) is 21.4. The van der Waals surface area contributed by atoms with Crippen LogP contribution in [0.25, 0.3) is 34.4 Å². The van der Waals surface area contributed by atoms with Crippen LogP contribution in [0.5, 0.6) is 0 Å². The number of allylic oxidation sites excluding steroid dienone is 2. The Hall–Kier alpha value is -2.68. The third-order valence-corrected chi connectivity index (χ3v) is 57.0. The summed E-state index contributed by atoms with van der Waals surface area (Å²) in [5, 5.41) is 0. The Bertz CT molecular complexity index is 1570. The Labute approximate surface area is 269 Å². The molecule has 0 saturated carbocycles. The number of hydrogen-bond acceptors (Lipinski definition) is 0. The van der Waals surface area contributed by atoms with E-state index >= 15 is 0 Å². The Balaban J connectivity index is 1.66. The van der Waals surface area contributed by atoms with Crippen molar-refractivity contribution in [2.24, 2.45) is 0 Å². The van der Waals surface area contributed by atoms with Gasteiger partial charge in [0, 0.05) is 0 Å². The van der Waals surface area contributed by atoms with Crippen molar-refractivity contribution >= 4 is 18.7 Å². The number of rotatable bonds is 11. The first-order valence-electron chi connectivity index (χ1n) is 17.1. The van der Waals surface area contributed by atoms with E-state index in [1.54, 1.807) is 22.3 Å². The molecule has 0 radical (unpaired) electrons. The summed E-state index contributed by atoms with van der Waals surface area (Å²) in [4.78, 5) is 0. The Morgan fingerprint density at radius 3 is 1.32 bits per heavy atom.